The molecule has 0 spiro atoms. The predicted octanol–water partition coefficient (Wildman–Crippen LogP) is -10.6. The molecule has 5 heterocycles. The Kier molecular flexibility index (Phi) is 17.5. The van der Waals surface area contributed by atoms with Gasteiger partial charge in [0.15, 0.2) is 31.5 Å². The van der Waals surface area contributed by atoms with E-state index in [1.807, 2.05) is 0 Å². The zero-order valence-electron chi connectivity index (χ0n) is 33.0. The van der Waals surface area contributed by atoms with Crippen molar-refractivity contribution in [2.75, 3.05) is 26.4 Å². The summed E-state index contributed by atoms with van der Waals surface area (Å²) in [5, 5.41) is 153. The van der Waals surface area contributed by atoms with Crippen molar-refractivity contribution in [3.8, 4) is 0 Å². The van der Waals surface area contributed by atoms with Crippen molar-refractivity contribution in [2.45, 2.75) is 174 Å². The average Bonchev–Trinajstić information content (AvgIpc) is 3.22. The van der Waals surface area contributed by atoms with Crippen LogP contribution in [0, 0.1) is 0 Å². The minimum atomic E-state index is -2.09. The number of aliphatic hydroxyl groups is 14. The third-order valence-corrected chi connectivity index (χ3v) is 11.1. The van der Waals surface area contributed by atoms with E-state index in [1.54, 1.807) is 0 Å². The molecule has 2 amide bonds. The van der Waals surface area contributed by atoms with E-state index in [2.05, 4.69) is 10.6 Å². The summed E-state index contributed by atoms with van der Waals surface area (Å²) < 4.78 is 51.6. The van der Waals surface area contributed by atoms with Crippen molar-refractivity contribution < 1.29 is 124 Å². The van der Waals surface area contributed by atoms with E-state index < -0.39 is 192 Å². The second kappa shape index (κ2) is 21.3. The van der Waals surface area contributed by atoms with Gasteiger partial charge in [0.05, 0.1) is 32.5 Å². The largest absolute Gasteiger partial charge is 0.394 e. The first-order valence-electron chi connectivity index (χ1n) is 19.5. The van der Waals surface area contributed by atoms with Crippen molar-refractivity contribution in [3.63, 3.8) is 0 Å². The van der Waals surface area contributed by atoms with Crippen LogP contribution in [-0.4, -0.2) is 263 Å². The quantitative estimate of drug-likeness (QED) is 0.0770. The van der Waals surface area contributed by atoms with E-state index in [1.165, 1.54) is 6.92 Å². The van der Waals surface area contributed by atoms with Crippen LogP contribution >= 0.6 is 0 Å². The number of carbonyl (C=O) groups excluding carboxylic acids is 2. The van der Waals surface area contributed by atoms with Gasteiger partial charge in [-0.15, -0.1) is 0 Å². The maximum absolute atomic E-state index is 12.5. The summed E-state index contributed by atoms with van der Waals surface area (Å²) in [6, 6.07) is -3.28. The van der Waals surface area contributed by atoms with E-state index >= 15 is 0 Å². The molecule has 5 rings (SSSR count). The molecule has 16 N–H and O–H groups in total. The zero-order chi connectivity index (χ0) is 45.2. The van der Waals surface area contributed by atoms with Gasteiger partial charge in [0.25, 0.3) is 0 Å². The third kappa shape index (κ3) is 10.8. The van der Waals surface area contributed by atoms with Crippen LogP contribution in [0.25, 0.3) is 0 Å². The molecule has 0 radical (unpaired) electrons. The van der Waals surface area contributed by atoms with Crippen LogP contribution < -0.4 is 10.6 Å². The summed E-state index contributed by atoms with van der Waals surface area (Å²) >= 11 is 0. The Hall–Kier alpha value is -1.98. The van der Waals surface area contributed by atoms with Crippen LogP contribution in [0.2, 0.25) is 0 Å². The molecule has 354 valence electrons. The fraction of sp³-hybridized carbons (Fsp3) is 0.941. The maximum Gasteiger partial charge on any atom is 0.217 e. The molecule has 0 aromatic carbocycles. The first-order chi connectivity index (χ1) is 28.8. The molecule has 25 atom stereocenters. The van der Waals surface area contributed by atoms with E-state index in [9.17, 15) is 81.1 Å². The molecule has 0 bridgehead atoms. The summed E-state index contributed by atoms with van der Waals surface area (Å²) in [7, 11) is 0. The number of ether oxygens (including phenoxy) is 9. The van der Waals surface area contributed by atoms with Gasteiger partial charge in [0.2, 0.25) is 11.8 Å². The lowest BCUT2D eigenvalue weighted by Crippen LogP contribution is -2.71. The van der Waals surface area contributed by atoms with Crippen LogP contribution in [0.5, 0.6) is 0 Å². The molecule has 5 saturated heterocycles. The maximum atomic E-state index is 12.5. The van der Waals surface area contributed by atoms with Gasteiger partial charge in [-0.1, -0.05) is 0 Å². The van der Waals surface area contributed by atoms with Crippen LogP contribution in [0.15, 0.2) is 0 Å². The smallest absolute Gasteiger partial charge is 0.217 e. The van der Waals surface area contributed by atoms with Crippen LogP contribution in [0.3, 0.4) is 0 Å². The minimum absolute atomic E-state index is 0.735. The zero-order valence-corrected chi connectivity index (χ0v) is 33.0. The number of aliphatic hydroxyl groups excluding tert-OH is 14. The molecule has 0 aliphatic carbocycles. The standard InChI is InChI=1S/C34H58N2O25/c1-8-17(43)21(47)23(49)32(53-8)60-28-16(36-10(3)42)30(52)54-14(7-40)27(28)59-31-15(35-9(2)41)20(46)26(13(6-39)57-31)58-34-25(51)29(19(45)12(5-38)56-34)61-33-24(50)22(48)18(44)11(4-37)55-33/h8,11-34,37-40,43-52H,4-7H2,1-3H3,(H,35,41)(H,36,42)/t8-,11+,12+,13+,14+,15+,16+,17+,18+,19+,20+,21+,22-,23-,24-,25-,26+,27+,28+,29-,30+,31-,32-,33-,34-/m0/s1. The lowest BCUT2D eigenvalue weighted by Gasteiger charge is -2.51. The molecular weight excluding hydrogens is 836 g/mol. The van der Waals surface area contributed by atoms with Gasteiger partial charge >= 0.3 is 0 Å². The van der Waals surface area contributed by atoms with Crippen LogP contribution in [0.1, 0.15) is 20.8 Å². The van der Waals surface area contributed by atoms with Crippen molar-refractivity contribution in [1.29, 1.82) is 0 Å². The number of hydrogen-bond acceptors (Lipinski definition) is 25. The first-order valence-corrected chi connectivity index (χ1v) is 19.5. The molecule has 5 aliphatic heterocycles. The number of carbonyl (C=O) groups is 2. The first kappa shape index (κ1) is 50.0. The number of hydrogen-bond donors (Lipinski definition) is 16. The predicted molar refractivity (Wildman–Crippen MR) is 188 cm³/mol. The third-order valence-electron chi connectivity index (χ3n) is 11.1. The average molecular weight is 895 g/mol. The Balaban J connectivity index is 1.42. The molecule has 5 fully saturated rings. The van der Waals surface area contributed by atoms with Gasteiger partial charge in [-0.25, -0.2) is 0 Å². The Morgan fingerprint density at radius 2 is 0.852 bits per heavy atom. The molecular formula is C34H58N2O25. The van der Waals surface area contributed by atoms with Crippen molar-refractivity contribution >= 4 is 11.8 Å². The molecule has 5 aliphatic rings. The van der Waals surface area contributed by atoms with Crippen molar-refractivity contribution in [3.05, 3.63) is 0 Å². The summed E-state index contributed by atoms with van der Waals surface area (Å²) in [5.74, 6) is -1.54. The van der Waals surface area contributed by atoms with Crippen LogP contribution in [0.4, 0.5) is 0 Å². The van der Waals surface area contributed by atoms with Gasteiger partial charge in [-0.2, -0.15) is 0 Å². The lowest BCUT2D eigenvalue weighted by molar-refractivity contribution is -0.384. The van der Waals surface area contributed by atoms with Gasteiger partial charge in [-0.3, -0.25) is 9.59 Å². The van der Waals surface area contributed by atoms with Crippen molar-refractivity contribution in [1.82, 2.24) is 10.6 Å². The molecule has 27 nitrogen and oxygen atoms in total. The van der Waals surface area contributed by atoms with Crippen molar-refractivity contribution in [2.24, 2.45) is 0 Å². The Bertz CT molecular complexity index is 1420. The van der Waals surface area contributed by atoms with E-state index in [0.717, 1.165) is 13.8 Å². The number of amides is 2. The Morgan fingerprint density at radius 1 is 0.426 bits per heavy atom. The molecule has 61 heavy (non-hydrogen) atoms. The number of nitrogens with one attached hydrogen (secondary N) is 2. The van der Waals surface area contributed by atoms with Gasteiger partial charge in [0.1, 0.15) is 116 Å². The monoisotopic (exact) mass is 894 g/mol. The Labute approximate surface area is 346 Å². The molecule has 27 heteroatoms. The second-order valence-electron chi connectivity index (χ2n) is 15.4. The SMILES string of the molecule is CC(=O)N[C@@H]1[C@@H](O[C@@H]2O[C@@H](C)[C@@H](O)[C@@H](O)[C@@H]2O)[C@H](O[C@@H]2O[C@H](CO)[C@@H](O[C@@H]3O[C@H](CO)[C@@H](O)[C@H](O[C@@H]4O[C@H](CO)[C@@H](O)[C@H](O)[C@@H]4O)[C@@H]3O)[C@H](O)[C@H]2NC(C)=O)[C@@H](CO)O[C@H]1O. The lowest BCUT2D eigenvalue weighted by atomic mass is 9.93. The second-order valence-corrected chi connectivity index (χ2v) is 15.4. The molecule has 0 aromatic heterocycles. The molecule has 0 aromatic rings. The number of rotatable bonds is 14. The highest BCUT2D eigenvalue weighted by molar-refractivity contribution is 5.73. The van der Waals surface area contributed by atoms with E-state index in [0.29, 0.717) is 0 Å². The van der Waals surface area contributed by atoms with E-state index in [-0.39, 0.29) is 0 Å². The van der Waals surface area contributed by atoms with Gasteiger partial charge < -0.3 is 125 Å². The Morgan fingerprint density at radius 3 is 1.41 bits per heavy atom. The fourth-order valence-electron chi connectivity index (χ4n) is 7.77. The highest BCUT2D eigenvalue weighted by atomic mass is 16.8. The minimum Gasteiger partial charge on any atom is -0.394 e. The summed E-state index contributed by atoms with van der Waals surface area (Å²) in [4.78, 5) is 24.8. The van der Waals surface area contributed by atoms with Crippen LogP contribution in [-0.2, 0) is 52.2 Å². The van der Waals surface area contributed by atoms with Gasteiger partial charge in [-0.05, 0) is 6.92 Å². The molecule has 0 unspecified atom stereocenters. The molecule has 0 saturated carbocycles. The van der Waals surface area contributed by atoms with Gasteiger partial charge in [0, 0.05) is 13.8 Å². The normalized spacial score (nSPS) is 49.6. The summed E-state index contributed by atoms with van der Waals surface area (Å²) in [5.41, 5.74) is 0. The fourth-order valence-corrected chi connectivity index (χ4v) is 7.77. The van der Waals surface area contributed by atoms with E-state index in [4.69, 9.17) is 42.6 Å². The highest BCUT2D eigenvalue weighted by Gasteiger charge is 2.57. The summed E-state index contributed by atoms with van der Waals surface area (Å²) in [6.45, 7) is -0.228. The highest BCUT2D eigenvalue weighted by Crippen LogP contribution is 2.36. The topological polar surface area (TPSA) is 424 Å². The summed E-state index contributed by atoms with van der Waals surface area (Å²) in [6.07, 6.45) is -40.8.